The fourth-order valence-corrected chi connectivity index (χ4v) is 2.16. The second-order valence-electron chi connectivity index (χ2n) is 6.49. The molecule has 0 aliphatic heterocycles. The third-order valence-electron chi connectivity index (χ3n) is 3.57. The number of hydrogen-bond acceptors (Lipinski definition) is 6. The molecule has 0 radical (unpaired) electrons. The molecular formula is C18H27NO5. The Kier molecular flexibility index (Phi) is 7.38. The maximum atomic E-state index is 12.1. The quantitative estimate of drug-likeness (QED) is 0.467. The van der Waals surface area contributed by atoms with Gasteiger partial charge in [0.2, 0.25) is 6.23 Å². The number of carbonyl (C=O) groups is 2. The van der Waals surface area contributed by atoms with Crippen molar-refractivity contribution >= 4 is 11.9 Å². The van der Waals surface area contributed by atoms with Crippen molar-refractivity contribution < 1.29 is 24.2 Å². The molecule has 1 rings (SSSR count). The fraction of sp³-hybridized carbons (Fsp3) is 0.556. The van der Waals surface area contributed by atoms with E-state index in [4.69, 9.17) is 9.47 Å². The predicted octanol–water partition coefficient (Wildman–Crippen LogP) is 2.26. The minimum atomic E-state index is -1.41. The molecule has 6 heteroatoms. The second kappa shape index (κ2) is 8.80. The number of esters is 2. The van der Waals surface area contributed by atoms with Crippen LogP contribution in [0.4, 0.5) is 0 Å². The molecule has 0 heterocycles. The summed E-state index contributed by atoms with van der Waals surface area (Å²) >= 11 is 0. The van der Waals surface area contributed by atoms with Crippen molar-refractivity contribution in [3.8, 4) is 5.75 Å². The number of nitrogens with zero attached hydrogens (tertiary/aromatic N) is 1. The maximum Gasteiger partial charge on any atom is 0.351 e. The zero-order valence-corrected chi connectivity index (χ0v) is 15.2. The Morgan fingerprint density at radius 1 is 1.08 bits per heavy atom. The van der Waals surface area contributed by atoms with Gasteiger partial charge in [-0.3, -0.25) is 4.90 Å². The van der Waals surface area contributed by atoms with Crippen LogP contribution in [0.5, 0.6) is 5.75 Å². The summed E-state index contributed by atoms with van der Waals surface area (Å²) < 4.78 is 10.3. The van der Waals surface area contributed by atoms with Gasteiger partial charge in [0.15, 0.2) is 6.61 Å². The second-order valence-corrected chi connectivity index (χ2v) is 6.49. The fourth-order valence-electron chi connectivity index (χ4n) is 2.16. The first-order chi connectivity index (χ1) is 11.1. The average molecular weight is 337 g/mol. The first kappa shape index (κ1) is 20.1. The normalized spacial score (nSPS) is 12.6. The summed E-state index contributed by atoms with van der Waals surface area (Å²) in [6, 6.07) is 5.78. The van der Waals surface area contributed by atoms with Crippen molar-refractivity contribution in [1.29, 1.82) is 0 Å². The molecule has 0 spiro atoms. The zero-order valence-electron chi connectivity index (χ0n) is 15.2. The van der Waals surface area contributed by atoms with Gasteiger partial charge in [-0.05, 0) is 37.1 Å². The lowest BCUT2D eigenvalue weighted by Crippen LogP contribution is -2.37. The molecule has 134 valence electrons. The lowest BCUT2D eigenvalue weighted by atomic mass is 9.94. The van der Waals surface area contributed by atoms with Crippen LogP contribution < -0.4 is 4.74 Å². The molecule has 24 heavy (non-hydrogen) atoms. The Morgan fingerprint density at radius 3 is 2.00 bits per heavy atom. The van der Waals surface area contributed by atoms with E-state index in [1.165, 1.54) is 19.0 Å². The summed E-state index contributed by atoms with van der Waals surface area (Å²) in [6.45, 7) is 7.52. The summed E-state index contributed by atoms with van der Waals surface area (Å²) in [5.41, 5.74) is 1.85. The molecule has 1 N–H and O–H groups in total. The molecule has 1 aromatic carbocycles. The van der Waals surface area contributed by atoms with Crippen LogP contribution in [0.3, 0.4) is 0 Å². The number of para-hydroxylation sites is 1. The highest BCUT2D eigenvalue weighted by Gasteiger charge is 2.22. The van der Waals surface area contributed by atoms with E-state index in [9.17, 15) is 14.7 Å². The molecule has 1 atom stereocenters. The third-order valence-corrected chi connectivity index (χ3v) is 3.57. The van der Waals surface area contributed by atoms with Gasteiger partial charge in [-0.25, -0.2) is 9.59 Å². The molecule has 0 fully saturated rings. The molecular weight excluding hydrogens is 310 g/mol. The van der Waals surface area contributed by atoms with Crippen molar-refractivity contribution in [3.63, 3.8) is 0 Å². The zero-order chi connectivity index (χ0) is 18.4. The van der Waals surface area contributed by atoms with Crippen molar-refractivity contribution in [1.82, 2.24) is 4.90 Å². The maximum absolute atomic E-state index is 12.1. The number of rotatable bonds is 7. The standard InChI is InChI=1S/C18H27NO5/c1-11(2)13-8-7-9-14(12(3)4)16(13)24-15(20)10-23-18(22)17(21)19(5)6/h7-9,11-12,17,21H,10H2,1-6H3. The number of likely N-dealkylation sites (N-methyl/N-ethyl adjacent to an activating group) is 1. The van der Waals surface area contributed by atoms with Crippen LogP contribution in [-0.4, -0.2) is 48.9 Å². The molecule has 6 nitrogen and oxygen atoms in total. The van der Waals surface area contributed by atoms with Crippen LogP contribution in [-0.2, 0) is 14.3 Å². The van der Waals surface area contributed by atoms with Crippen LogP contribution in [0.2, 0.25) is 0 Å². The predicted molar refractivity (Wildman–Crippen MR) is 90.9 cm³/mol. The van der Waals surface area contributed by atoms with E-state index in [0.29, 0.717) is 5.75 Å². The van der Waals surface area contributed by atoms with Crippen LogP contribution in [0, 0.1) is 0 Å². The summed E-state index contributed by atoms with van der Waals surface area (Å²) in [5.74, 6) is -0.673. The average Bonchev–Trinajstić information content (AvgIpc) is 2.51. The van der Waals surface area contributed by atoms with Gasteiger partial charge in [0.1, 0.15) is 5.75 Å². The lowest BCUT2D eigenvalue weighted by Gasteiger charge is -2.19. The highest BCUT2D eigenvalue weighted by molar-refractivity contribution is 5.80. The molecule has 0 saturated carbocycles. The molecule has 0 aromatic heterocycles. The summed E-state index contributed by atoms with van der Waals surface area (Å²) in [6.07, 6.45) is -1.41. The van der Waals surface area contributed by atoms with Gasteiger partial charge in [-0.2, -0.15) is 0 Å². The minimum absolute atomic E-state index is 0.185. The smallest absolute Gasteiger partial charge is 0.351 e. The Balaban J connectivity index is 2.85. The lowest BCUT2D eigenvalue weighted by molar-refractivity contribution is -0.167. The highest BCUT2D eigenvalue weighted by Crippen LogP contribution is 2.34. The molecule has 1 unspecified atom stereocenters. The van der Waals surface area contributed by atoms with E-state index >= 15 is 0 Å². The van der Waals surface area contributed by atoms with E-state index in [2.05, 4.69) is 0 Å². The Morgan fingerprint density at radius 2 is 1.58 bits per heavy atom. The van der Waals surface area contributed by atoms with E-state index in [-0.39, 0.29) is 11.8 Å². The molecule has 0 amide bonds. The number of benzene rings is 1. The minimum Gasteiger partial charge on any atom is -0.451 e. The van der Waals surface area contributed by atoms with E-state index in [0.717, 1.165) is 11.1 Å². The topological polar surface area (TPSA) is 76.1 Å². The molecule has 1 aromatic rings. The molecule has 0 bridgehead atoms. The summed E-state index contributed by atoms with van der Waals surface area (Å²) in [4.78, 5) is 24.9. The monoisotopic (exact) mass is 337 g/mol. The van der Waals surface area contributed by atoms with Gasteiger partial charge in [0, 0.05) is 0 Å². The van der Waals surface area contributed by atoms with E-state index < -0.39 is 24.8 Å². The molecule has 0 aliphatic rings. The van der Waals surface area contributed by atoms with Gasteiger partial charge in [0.05, 0.1) is 0 Å². The van der Waals surface area contributed by atoms with Crippen molar-refractivity contribution in [2.45, 2.75) is 45.8 Å². The number of aliphatic hydroxyl groups excluding tert-OH is 1. The number of carbonyl (C=O) groups excluding carboxylic acids is 2. The Hall–Kier alpha value is -1.92. The van der Waals surface area contributed by atoms with Gasteiger partial charge >= 0.3 is 11.9 Å². The first-order valence-corrected chi connectivity index (χ1v) is 7.99. The molecule has 0 saturated heterocycles. The van der Waals surface area contributed by atoms with Gasteiger partial charge in [-0.1, -0.05) is 45.9 Å². The van der Waals surface area contributed by atoms with E-state index in [1.807, 2.05) is 45.9 Å². The van der Waals surface area contributed by atoms with Gasteiger partial charge in [-0.15, -0.1) is 0 Å². The highest BCUT2D eigenvalue weighted by atomic mass is 16.6. The Labute approximate surface area is 143 Å². The number of aliphatic hydroxyl groups is 1. The van der Waals surface area contributed by atoms with E-state index in [1.54, 1.807) is 0 Å². The SMILES string of the molecule is CC(C)c1cccc(C(C)C)c1OC(=O)COC(=O)C(O)N(C)C. The van der Waals surface area contributed by atoms with Crippen molar-refractivity contribution in [2.24, 2.45) is 0 Å². The Bertz CT molecular complexity index is 555. The number of hydrogen-bond donors (Lipinski definition) is 1. The van der Waals surface area contributed by atoms with Crippen LogP contribution in [0.1, 0.15) is 50.7 Å². The summed E-state index contributed by atoms with van der Waals surface area (Å²) in [5, 5.41) is 9.53. The van der Waals surface area contributed by atoms with Crippen LogP contribution in [0.25, 0.3) is 0 Å². The van der Waals surface area contributed by atoms with Gasteiger partial charge < -0.3 is 14.6 Å². The largest absolute Gasteiger partial charge is 0.451 e. The van der Waals surface area contributed by atoms with Gasteiger partial charge in [0.25, 0.3) is 0 Å². The molecule has 0 aliphatic carbocycles. The van der Waals surface area contributed by atoms with Crippen molar-refractivity contribution in [3.05, 3.63) is 29.3 Å². The van der Waals surface area contributed by atoms with Crippen LogP contribution >= 0.6 is 0 Å². The van der Waals surface area contributed by atoms with Crippen molar-refractivity contribution in [2.75, 3.05) is 20.7 Å². The first-order valence-electron chi connectivity index (χ1n) is 7.99. The third kappa shape index (κ3) is 5.32. The van der Waals surface area contributed by atoms with Crippen LogP contribution in [0.15, 0.2) is 18.2 Å². The summed E-state index contributed by atoms with van der Waals surface area (Å²) in [7, 11) is 3.05. The number of ether oxygens (including phenoxy) is 2.